The molecule has 0 radical (unpaired) electrons. The normalized spacial score (nSPS) is 12.4. The van der Waals surface area contributed by atoms with Crippen molar-refractivity contribution in [2.45, 2.75) is 32.2 Å². The number of carbonyl (C=O) groups excluding carboxylic acids is 1. The number of esters is 1. The quantitative estimate of drug-likeness (QED) is 0.674. The monoisotopic (exact) mass is 196 g/mol. The van der Waals surface area contributed by atoms with Crippen molar-refractivity contribution < 1.29 is 9.53 Å². The molecule has 14 heavy (non-hydrogen) atoms. The zero-order valence-corrected chi connectivity index (χ0v) is 8.64. The number of hydrogen-bond acceptors (Lipinski definition) is 3. The SMILES string of the molecule is CCCC(CC(=O)OC)n1ccnc1. The first-order valence-corrected chi connectivity index (χ1v) is 4.82. The van der Waals surface area contributed by atoms with Gasteiger partial charge in [0.1, 0.15) is 0 Å². The van der Waals surface area contributed by atoms with Crippen LogP contribution in [0.1, 0.15) is 32.2 Å². The maximum Gasteiger partial charge on any atom is 0.307 e. The molecule has 0 aliphatic rings. The van der Waals surface area contributed by atoms with Crippen molar-refractivity contribution in [1.82, 2.24) is 9.55 Å². The summed E-state index contributed by atoms with van der Waals surface area (Å²) in [5, 5.41) is 0. The third kappa shape index (κ3) is 2.87. The van der Waals surface area contributed by atoms with Crippen LogP contribution in [-0.4, -0.2) is 22.6 Å². The summed E-state index contributed by atoms with van der Waals surface area (Å²) in [5.74, 6) is -0.169. The van der Waals surface area contributed by atoms with Crippen LogP contribution >= 0.6 is 0 Å². The molecule has 1 rings (SSSR count). The van der Waals surface area contributed by atoms with Crippen molar-refractivity contribution in [3.63, 3.8) is 0 Å². The second kappa shape index (κ2) is 5.42. The third-order valence-corrected chi connectivity index (χ3v) is 2.20. The minimum absolute atomic E-state index is 0.169. The highest BCUT2D eigenvalue weighted by Crippen LogP contribution is 2.17. The van der Waals surface area contributed by atoms with E-state index < -0.39 is 0 Å². The van der Waals surface area contributed by atoms with Gasteiger partial charge in [0.05, 0.1) is 19.9 Å². The Morgan fingerprint density at radius 3 is 2.93 bits per heavy atom. The Bertz CT molecular complexity index is 270. The lowest BCUT2D eigenvalue weighted by molar-refractivity contribution is -0.141. The maximum absolute atomic E-state index is 11.1. The molecule has 4 heteroatoms. The molecule has 0 N–H and O–H groups in total. The molecule has 0 fully saturated rings. The van der Waals surface area contributed by atoms with Gasteiger partial charge >= 0.3 is 5.97 Å². The van der Waals surface area contributed by atoms with E-state index in [0.29, 0.717) is 6.42 Å². The van der Waals surface area contributed by atoms with Crippen LogP contribution in [0.4, 0.5) is 0 Å². The van der Waals surface area contributed by atoms with E-state index in [4.69, 9.17) is 0 Å². The van der Waals surface area contributed by atoms with E-state index in [1.165, 1.54) is 7.11 Å². The Hall–Kier alpha value is -1.32. The van der Waals surface area contributed by atoms with Crippen molar-refractivity contribution in [1.29, 1.82) is 0 Å². The van der Waals surface area contributed by atoms with E-state index in [1.54, 1.807) is 12.5 Å². The van der Waals surface area contributed by atoms with Crippen molar-refractivity contribution in [3.05, 3.63) is 18.7 Å². The first kappa shape index (κ1) is 10.8. The molecular formula is C10H16N2O2. The average molecular weight is 196 g/mol. The van der Waals surface area contributed by atoms with E-state index in [0.717, 1.165) is 12.8 Å². The number of rotatable bonds is 5. The average Bonchev–Trinajstić information content (AvgIpc) is 2.69. The second-order valence-corrected chi connectivity index (χ2v) is 3.23. The number of imidazole rings is 1. The summed E-state index contributed by atoms with van der Waals surface area (Å²) in [7, 11) is 1.42. The molecule has 0 bridgehead atoms. The van der Waals surface area contributed by atoms with Crippen LogP contribution in [0.5, 0.6) is 0 Å². The Balaban J connectivity index is 2.60. The number of nitrogens with zero attached hydrogens (tertiary/aromatic N) is 2. The Morgan fingerprint density at radius 1 is 1.64 bits per heavy atom. The molecule has 0 amide bonds. The van der Waals surface area contributed by atoms with Crippen molar-refractivity contribution in [2.75, 3.05) is 7.11 Å². The minimum Gasteiger partial charge on any atom is -0.469 e. The minimum atomic E-state index is -0.169. The molecule has 0 saturated carbocycles. The van der Waals surface area contributed by atoms with E-state index in [-0.39, 0.29) is 12.0 Å². The van der Waals surface area contributed by atoms with Crippen molar-refractivity contribution >= 4 is 5.97 Å². The summed E-state index contributed by atoms with van der Waals surface area (Å²) in [4.78, 5) is 15.1. The molecule has 4 nitrogen and oxygen atoms in total. The van der Waals surface area contributed by atoms with Crippen LogP contribution in [0.25, 0.3) is 0 Å². The summed E-state index contributed by atoms with van der Waals surface area (Å²) in [6.07, 6.45) is 7.76. The fourth-order valence-corrected chi connectivity index (χ4v) is 1.45. The molecule has 1 aromatic rings. The maximum atomic E-state index is 11.1. The summed E-state index contributed by atoms with van der Waals surface area (Å²) in [5.41, 5.74) is 0. The molecule has 0 spiro atoms. The zero-order valence-electron chi connectivity index (χ0n) is 8.64. The highest BCUT2D eigenvalue weighted by atomic mass is 16.5. The van der Waals surface area contributed by atoms with Crippen molar-refractivity contribution in [3.8, 4) is 0 Å². The summed E-state index contributed by atoms with van der Waals surface area (Å²) in [6, 6.07) is 0.176. The lowest BCUT2D eigenvalue weighted by atomic mass is 10.1. The fraction of sp³-hybridized carbons (Fsp3) is 0.600. The Morgan fingerprint density at radius 2 is 2.43 bits per heavy atom. The van der Waals surface area contributed by atoms with Crippen LogP contribution in [0.3, 0.4) is 0 Å². The van der Waals surface area contributed by atoms with Crippen LogP contribution in [-0.2, 0) is 9.53 Å². The van der Waals surface area contributed by atoms with Gasteiger partial charge in [-0.15, -0.1) is 0 Å². The molecule has 78 valence electrons. The van der Waals surface area contributed by atoms with Gasteiger partial charge < -0.3 is 9.30 Å². The van der Waals surface area contributed by atoms with Crippen LogP contribution < -0.4 is 0 Å². The highest BCUT2D eigenvalue weighted by Gasteiger charge is 2.14. The van der Waals surface area contributed by atoms with Crippen molar-refractivity contribution in [2.24, 2.45) is 0 Å². The molecule has 0 aromatic carbocycles. The zero-order chi connectivity index (χ0) is 10.4. The van der Waals surface area contributed by atoms with Crippen LogP contribution in [0.2, 0.25) is 0 Å². The number of ether oxygens (including phenoxy) is 1. The van der Waals surface area contributed by atoms with Gasteiger partial charge in [0.25, 0.3) is 0 Å². The van der Waals surface area contributed by atoms with Gasteiger partial charge in [0.2, 0.25) is 0 Å². The fourth-order valence-electron chi connectivity index (χ4n) is 1.45. The predicted molar refractivity (Wildman–Crippen MR) is 52.8 cm³/mol. The van der Waals surface area contributed by atoms with Gasteiger partial charge in [-0.1, -0.05) is 13.3 Å². The van der Waals surface area contributed by atoms with Gasteiger partial charge in [0.15, 0.2) is 0 Å². The first-order chi connectivity index (χ1) is 6.77. The van der Waals surface area contributed by atoms with Crippen LogP contribution in [0, 0.1) is 0 Å². The molecule has 1 atom stereocenters. The molecule has 0 aliphatic carbocycles. The lowest BCUT2D eigenvalue weighted by Crippen LogP contribution is -2.13. The number of aromatic nitrogens is 2. The molecule has 0 saturated heterocycles. The lowest BCUT2D eigenvalue weighted by Gasteiger charge is -2.15. The van der Waals surface area contributed by atoms with Gasteiger partial charge in [-0.3, -0.25) is 4.79 Å². The second-order valence-electron chi connectivity index (χ2n) is 3.23. The van der Waals surface area contributed by atoms with Crippen LogP contribution in [0.15, 0.2) is 18.7 Å². The highest BCUT2D eigenvalue weighted by molar-refractivity contribution is 5.69. The summed E-state index contributed by atoms with van der Waals surface area (Å²) < 4.78 is 6.61. The van der Waals surface area contributed by atoms with E-state index in [2.05, 4.69) is 16.6 Å². The van der Waals surface area contributed by atoms with Gasteiger partial charge in [-0.25, -0.2) is 4.98 Å². The topological polar surface area (TPSA) is 44.1 Å². The molecule has 0 aliphatic heterocycles. The molecular weight excluding hydrogens is 180 g/mol. The first-order valence-electron chi connectivity index (χ1n) is 4.82. The smallest absolute Gasteiger partial charge is 0.307 e. The van der Waals surface area contributed by atoms with E-state index in [1.807, 2.05) is 10.8 Å². The largest absolute Gasteiger partial charge is 0.469 e. The molecule has 1 unspecified atom stereocenters. The van der Waals surface area contributed by atoms with Gasteiger partial charge in [-0.2, -0.15) is 0 Å². The molecule has 1 heterocycles. The number of hydrogen-bond donors (Lipinski definition) is 0. The third-order valence-electron chi connectivity index (χ3n) is 2.20. The van der Waals surface area contributed by atoms with Gasteiger partial charge in [-0.05, 0) is 6.42 Å². The number of methoxy groups -OCH3 is 1. The summed E-state index contributed by atoms with van der Waals surface area (Å²) >= 11 is 0. The predicted octanol–water partition coefficient (Wildman–Crippen LogP) is 1.79. The Kier molecular flexibility index (Phi) is 4.16. The standard InChI is InChI=1S/C10H16N2O2/c1-3-4-9(7-10(13)14-2)12-6-5-11-8-12/h5-6,8-9H,3-4,7H2,1-2H3. The van der Waals surface area contributed by atoms with E-state index in [9.17, 15) is 4.79 Å². The molecule has 1 aromatic heterocycles. The number of carbonyl (C=O) groups is 1. The van der Waals surface area contributed by atoms with Gasteiger partial charge in [0, 0.05) is 18.4 Å². The summed E-state index contributed by atoms with van der Waals surface area (Å²) in [6.45, 7) is 2.10. The van der Waals surface area contributed by atoms with E-state index >= 15 is 0 Å². The Labute approximate surface area is 83.9 Å².